The number of methoxy groups -OCH3 is 2. The number of hydrogen-bond acceptors (Lipinski definition) is 6. The fraction of sp³-hybridized carbons (Fsp3) is 0.364. The van der Waals surface area contributed by atoms with Gasteiger partial charge in [0, 0.05) is 5.56 Å². The van der Waals surface area contributed by atoms with Gasteiger partial charge in [0.2, 0.25) is 5.89 Å². The number of ether oxygens (including phenoxy) is 2. The molecule has 0 spiro atoms. The average Bonchev–Trinajstić information content (AvgIpc) is 3.29. The van der Waals surface area contributed by atoms with E-state index in [1.807, 2.05) is 36.4 Å². The predicted molar refractivity (Wildman–Crippen MR) is 111 cm³/mol. The van der Waals surface area contributed by atoms with Crippen LogP contribution in [0.5, 0.6) is 11.5 Å². The molecule has 1 N–H and O–H groups in total. The van der Waals surface area contributed by atoms with E-state index in [0.29, 0.717) is 11.8 Å². The van der Waals surface area contributed by atoms with E-state index in [1.165, 1.54) is 4.90 Å². The Hall–Kier alpha value is -3.06. The Morgan fingerprint density at radius 1 is 0.966 bits per heavy atom. The lowest BCUT2D eigenvalue weighted by Gasteiger charge is -2.36. The fourth-order valence-corrected chi connectivity index (χ4v) is 3.79. The minimum Gasteiger partial charge on any atom is -0.497 e. The fourth-order valence-electron chi connectivity index (χ4n) is 3.79. The van der Waals surface area contributed by atoms with Gasteiger partial charge in [0.25, 0.3) is 5.89 Å². The first kappa shape index (κ1) is 19.3. The second kappa shape index (κ2) is 8.53. The number of para-hydroxylation sites is 2. The van der Waals surface area contributed by atoms with Crippen molar-refractivity contribution in [1.29, 1.82) is 0 Å². The van der Waals surface area contributed by atoms with Gasteiger partial charge in [-0.3, -0.25) is 0 Å². The summed E-state index contributed by atoms with van der Waals surface area (Å²) in [7, 11) is 3.37. The van der Waals surface area contributed by atoms with E-state index in [-0.39, 0.29) is 6.04 Å². The molecule has 2 aromatic carbocycles. The molecular weight excluding hydrogens is 368 g/mol. The summed E-state index contributed by atoms with van der Waals surface area (Å²) >= 11 is 0. The van der Waals surface area contributed by atoms with E-state index in [1.54, 1.807) is 14.2 Å². The summed E-state index contributed by atoms with van der Waals surface area (Å²) in [6, 6.07) is 16.0. The molecule has 0 bridgehead atoms. The topological polar surface area (TPSA) is 65.1 Å². The Kier molecular flexibility index (Phi) is 5.67. The van der Waals surface area contributed by atoms with Crippen LogP contribution in [0.15, 0.2) is 52.9 Å². The molecule has 0 saturated carbocycles. The van der Waals surface area contributed by atoms with Gasteiger partial charge >= 0.3 is 0 Å². The Labute approximate surface area is 170 Å². The maximum absolute atomic E-state index is 5.99. The predicted octanol–water partition coefficient (Wildman–Crippen LogP) is 2.22. The van der Waals surface area contributed by atoms with Crippen LogP contribution < -0.4 is 19.3 Å². The van der Waals surface area contributed by atoms with Crippen molar-refractivity contribution in [2.24, 2.45) is 0 Å². The van der Waals surface area contributed by atoms with Crippen molar-refractivity contribution >= 4 is 5.69 Å². The highest BCUT2D eigenvalue weighted by Gasteiger charge is 2.30. The maximum Gasteiger partial charge on any atom is 0.274 e. The maximum atomic E-state index is 5.99. The van der Waals surface area contributed by atoms with Crippen LogP contribution >= 0.6 is 0 Å². The van der Waals surface area contributed by atoms with Crippen LogP contribution in [0.25, 0.3) is 11.5 Å². The molecule has 0 unspecified atom stereocenters. The number of rotatable bonds is 6. The zero-order chi connectivity index (χ0) is 20.2. The molecule has 1 aliphatic heterocycles. The van der Waals surface area contributed by atoms with Crippen LogP contribution in [-0.2, 0) is 0 Å². The summed E-state index contributed by atoms with van der Waals surface area (Å²) in [4.78, 5) is 3.83. The zero-order valence-electron chi connectivity index (χ0n) is 17.1. The summed E-state index contributed by atoms with van der Waals surface area (Å²) in [5, 5.41) is 8.56. The minimum atomic E-state index is 0.148. The van der Waals surface area contributed by atoms with Crippen LogP contribution in [0.2, 0.25) is 0 Å². The second-order valence-electron chi connectivity index (χ2n) is 7.21. The van der Waals surface area contributed by atoms with Gasteiger partial charge in [-0.2, -0.15) is 0 Å². The Morgan fingerprint density at radius 3 is 2.38 bits per heavy atom. The van der Waals surface area contributed by atoms with Gasteiger partial charge in [-0.05, 0) is 43.3 Å². The Balaban J connectivity index is 1.41. The van der Waals surface area contributed by atoms with Gasteiger partial charge < -0.3 is 23.7 Å². The van der Waals surface area contributed by atoms with E-state index in [2.05, 4.69) is 34.2 Å². The number of piperazine rings is 1. The highest BCUT2D eigenvalue weighted by Crippen LogP contribution is 2.27. The zero-order valence-corrected chi connectivity index (χ0v) is 17.1. The lowest BCUT2D eigenvalue weighted by molar-refractivity contribution is -0.931. The van der Waals surface area contributed by atoms with E-state index >= 15 is 0 Å². The average molecular weight is 395 g/mol. The third-order valence-corrected chi connectivity index (χ3v) is 5.59. The molecule has 0 aliphatic carbocycles. The van der Waals surface area contributed by atoms with E-state index in [9.17, 15) is 0 Å². The molecule has 152 valence electrons. The van der Waals surface area contributed by atoms with Gasteiger partial charge in [0.15, 0.2) is 6.04 Å². The summed E-state index contributed by atoms with van der Waals surface area (Å²) in [5.41, 5.74) is 2.05. The van der Waals surface area contributed by atoms with Crippen LogP contribution in [0.3, 0.4) is 0 Å². The third kappa shape index (κ3) is 4.05. The Bertz CT molecular complexity index is 933. The molecule has 7 nitrogen and oxygen atoms in total. The van der Waals surface area contributed by atoms with Crippen molar-refractivity contribution < 1.29 is 18.8 Å². The molecule has 7 heteroatoms. The largest absolute Gasteiger partial charge is 0.497 e. The molecule has 1 atom stereocenters. The van der Waals surface area contributed by atoms with Crippen molar-refractivity contribution in [3.63, 3.8) is 0 Å². The molecule has 1 saturated heterocycles. The van der Waals surface area contributed by atoms with Crippen molar-refractivity contribution in [2.45, 2.75) is 13.0 Å². The van der Waals surface area contributed by atoms with Crippen LogP contribution in [0.1, 0.15) is 18.9 Å². The molecule has 0 radical (unpaired) electrons. The lowest BCUT2D eigenvalue weighted by Crippen LogP contribution is -3.14. The smallest absolute Gasteiger partial charge is 0.274 e. The van der Waals surface area contributed by atoms with Crippen molar-refractivity contribution in [1.82, 2.24) is 10.2 Å². The van der Waals surface area contributed by atoms with Gasteiger partial charge in [0.1, 0.15) is 11.5 Å². The minimum absolute atomic E-state index is 0.148. The molecular formula is C22H27N4O3+. The molecule has 4 rings (SSSR count). The highest BCUT2D eigenvalue weighted by atomic mass is 16.5. The van der Waals surface area contributed by atoms with Crippen LogP contribution in [0.4, 0.5) is 5.69 Å². The molecule has 1 aromatic heterocycles. The molecule has 1 aliphatic rings. The van der Waals surface area contributed by atoms with E-state index < -0.39 is 0 Å². The summed E-state index contributed by atoms with van der Waals surface area (Å²) in [5.74, 6) is 2.95. The van der Waals surface area contributed by atoms with Gasteiger partial charge in [-0.25, -0.2) is 0 Å². The molecule has 1 fully saturated rings. The van der Waals surface area contributed by atoms with Crippen LogP contribution in [-0.4, -0.2) is 50.6 Å². The summed E-state index contributed by atoms with van der Waals surface area (Å²) in [6.07, 6.45) is 0. The number of anilines is 1. The van der Waals surface area contributed by atoms with E-state index in [0.717, 1.165) is 48.9 Å². The highest BCUT2D eigenvalue weighted by molar-refractivity contribution is 5.58. The SMILES string of the molecule is COc1ccc(-c2nnc([C@@H](C)[NH+]3CCN(c4ccccc4OC)CC3)o2)cc1. The Morgan fingerprint density at radius 2 is 1.69 bits per heavy atom. The van der Waals surface area contributed by atoms with Crippen molar-refractivity contribution in [2.75, 3.05) is 45.3 Å². The summed E-state index contributed by atoms with van der Waals surface area (Å²) < 4.78 is 16.7. The first-order chi connectivity index (χ1) is 14.2. The normalized spacial score (nSPS) is 15.9. The number of hydrogen-bond donors (Lipinski definition) is 1. The second-order valence-corrected chi connectivity index (χ2v) is 7.21. The van der Waals surface area contributed by atoms with Crippen LogP contribution in [0, 0.1) is 0 Å². The third-order valence-electron chi connectivity index (χ3n) is 5.59. The van der Waals surface area contributed by atoms with Crippen molar-refractivity contribution in [3.05, 3.63) is 54.4 Å². The number of quaternary nitrogens is 1. The number of aromatic nitrogens is 2. The van der Waals surface area contributed by atoms with E-state index in [4.69, 9.17) is 13.9 Å². The molecule has 29 heavy (non-hydrogen) atoms. The van der Waals surface area contributed by atoms with Gasteiger partial charge in [-0.15, -0.1) is 10.2 Å². The molecule has 0 amide bonds. The standard InChI is InChI=1S/C22H26N4O3/c1-16(21-23-24-22(29-21)17-8-10-18(27-2)11-9-17)25-12-14-26(15-13-25)19-6-4-5-7-20(19)28-3/h4-11,16H,12-15H2,1-3H3/p+1/t16-/m1/s1. The number of nitrogens with one attached hydrogen (secondary N) is 1. The number of nitrogens with zero attached hydrogens (tertiary/aromatic N) is 3. The molecule has 2 heterocycles. The number of benzene rings is 2. The summed E-state index contributed by atoms with van der Waals surface area (Å²) in [6.45, 7) is 6.07. The van der Waals surface area contributed by atoms with Gasteiger partial charge in [-0.1, -0.05) is 12.1 Å². The molecule has 3 aromatic rings. The first-order valence-electron chi connectivity index (χ1n) is 9.90. The lowest BCUT2D eigenvalue weighted by atomic mass is 10.2. The van der Waals surface area contributed by atoms with Crippen molar-refractivity contribution in [3.8, 4) is 23.0 Å². The quantitative estimate of drug-likeness (QED) is 0.691. The monoisotopic (exact) mass is 395 g/mol. The first-order valence-corrected chi connectivity index (χ1v) is 9.90. The van der Waals surface area contributed by atoms with Gasteiger partial charge in [0.05, 0.1) is 46.1 Å².